The van der Waals surface area contributed by atoms with E-state index in [1.165, 1.54) is 32.1 Å². The molecule has 21 heavy (non-hydrogen) atoms. The molecule has 2 heterocycles. The maximum atomic E-state index is 6.17. The normalized spacial score (nSPS) is 25.8. The van der Waals surface area contributed by atoms with Gasteiger partial charge in [0.25, 0.3) is 0 Å². The molecule has 0 radical (unpaired) electrons. The molecule has 0 bridgehead atoms. The Morgan fingerprint density at radius 2 is 1.67 bits per heavy atom. The van der Waals surface area contributed by atoms with Crippen molar-refractivity contribution in [2.24, 2.45) is 11.8 Å². The van der Waals surface area contributed by atoms with Crippen LogP contribution in [0.15, 0.2) is 24.3 Å². The molecule has 2 aliphatic rings. The molecular formula is C17H22N4. The maximum Gasteiger partial charge on any atom is 0.172 e. The van der Waals surface area contributed by atoms with Crippen LogP contribution in [-0.2, 0) is 0 Å². The lowest BCUT2D eigenvalue weighted by molar-refractivity contribution is 0.202. The van der Waals surface area contributed by atoms with Crippen molar-refractivity contribution in [1.82, 2.24) is 9.97 Å². The zero-order valence-electron chi connectivity index (χ0n) is 12.3. The van der Waals surface area contributed by atoms with Gasteiger partial charge in [0, 0.05) is 13.1 Å². The molecular weight excluding hydrogens is 260 g/mol. The fourth-order valence-corrected chi connectivity index (χ4v) is 4.03. The second-order valence-electron chi connectivity index (χ2n) is 6.46. The van der Waals surface area contributed by atoms with Crippen molar-refractivity contribution in [1.29, 1.82) is 0 Å². The zero-order chi connectivity index (χ0) is 14.2. The van der Waals surface area contributed by atoms with Gasteiger partial charge in [0.15, 0.2) is 11.6 Å². The van der Waals surface area contributed by atoms with Crippen LogP contribution in [0, 0.1) is 11.8 Å². The molecule has 1 aromatic heterocycles. The molecule has 4 rings (SSSR count). The van der Waals surface area contributed by atoms with Crippen LogP contribution >= 0.6 is 0 Å². The number of hydrogen-bond acceptors (Lipinski definition) is 4. The van der Waals surface area contributed by atoms with Gasteiger partial charge < -0.3 is 10.6 Å². The van der Waals surface area contributed by atoms with E-state index in [1.807, 2.05) is 24.3 Å². The van der Waals surface area contributed by atoms with E-state index < -0.39 is 0 Å². The standard InChI is InChI=1S/C17H22N4/c18-16-17(20-15-8-4-3-7-14(15)19-16)21-10-9-12-5-1-2-6-13(12)11-21/h3-4,7-8,12-13H,1-2,5-6,9-11H2,(H2,18,19). The summed E-state index contributed by atoms with van der Waals surface area (Å²) in [5, 5.41) is 0. The molecule has 2 aromatic rings. The Morgan fingerprint density at radius 3 is 2.48 bits per heavy atom. The van der Waals surface area contributed by atoms with Crippen LogP contribution in [-0.4, -0.2) is 23.1 Å². The van der Waals surface area contributed by atoms with Gasteiger partial charge in [-0.15, -0.1) is 0 Å². The van der Waals surface area contributed by atoms with Gasteiger partial charge in [0.05, 0.1) is 11.0 Å². The van der Waals surface area contributed by atoms with E-state index in [0.29, 0.717) is 5.82 Å². The molecule has 1 saturated carbocycles. The summed E-state index contributed by atoms with van der Waals surface area (Å²) in [6.45, 7) is 2.17. The van der Waals surface area contributed by atoms with Gasteiger partial charge in [0.2, 0.25) is 0 Å². The van der Waals surface area contributed by atoms with Crippen LogP contribution in [0.2, 0.25) is 0 Å². The van der Waals surface area contributed by atoms with E-state index in [9.17, 15) is 0 Å². The third-order valence-corrected chi connectivity index (χ3v) is 5.17. The third-order valence-electron chi connectivity index (χ3n) is 5.17. The molecule has 1 saturated heterocycles. The monoisotopic (exact) mass is 282 g/mol. The highest BCUT2D eigenvalue weighted by molar-refractivity contribution is 5.79. The average Bonchev–Trinajstić information content (AvgIpc) is 2.54. The highest BCUT2D eigenvalue weighted by Crippen LogP contribution is 2.38. The largest absolute Gasteiger partial charge is 0.381 e. The predicted octanol–water partition coefficient (Wildman–Crippen LogP) is 3.23. The fraction of sp³-hybridized carbons (Fsp3) is 0.529. The lowest BCUT2D eigenvalue weighted by Crippen LogP contribution is -2.42. The molecule has 1 aliphatic carbocycles. The number of aromatic nitrogens is 2. The number of piperidine rings is 1. The molecule has 2 unspecified atom stereocenters. The highest BCUT2D eigenvalue weighted by atomic mass is 15.2. The first-order valence-corrected chi connectivity index (χ1v) is 8.08. The van der Waals surface area contributed by atoms with Crippen LogP contribution in [0.4, 0.5) is 11.6 Å². The summed E-state index contributed by atoms with van der Waals surface area (Å²) in [6.07, 6.45) is 6.85. The first-order valence-electron chi connectivity index (χ1n) is 8.08. The summed E-state index contributed by atoms with van der Waals surface area (Å²) in [4.78, 5) is 11.7. The van der Waals surface area contributed by atoms with Crippen molar-refractivity contribution >= 4 is 22.7 Å². The Labute approximate surface area is 125 Å². The molecule has 2 fully saturated rings. The minimum atomic E-state index is 0.572. The number of fused-ring (bicyclic) bond motifs is 2. The number of hydrogen-bond donors (Lipinski definition) is 1. The number of rotatable bonds is 1. The van der Waals surface area contributed by atoms with Gasteiger partial charge in [-0.2, -0.15) is 0 Å². The number of nitrogens with zero attached hydrogens (tertiary/aromatic N) is 3. The fourth-order valence-electron chi connectivity index (χ4n) is 4.03. The molecule has 4 heteroatoms. The van der Waals surface area contributed by atoms with Crippen LogP contribution in [0.25, 0.3) is 11.0 Å². The SMILES string of the molecule is Nc1nc2ccccc2nc1N1CCC2CCCCC2C1. The van der Waals surface area contributed by atoms with Gasteiger partial charge in [-0.05, 0) is 36.8 Å². The van der Waals surface area contributed by atoms with Crippen molar-refractivity contribution in [2.75, 3.05) is 23.7 Å². The number of benzene rings is 1. The van der Waals surface area contributed by atoms with Crippen molar-refractivity contribution in [3.63, 3.8) is 0 Å². The molecule has 4 nitrogen and oxygen atoms in total. The molecule has 1 aromatic carbocycles. The Kier molecular flexibility index (Phi) is 3.17. The first kappa shape index (κ1) is 12.9. The Hall–Kier alpha value is -1.84. The molecule has 1 aliphatic heterocycles. The second-order valence-corrected chi connectivity index (χ2v) is 6.46. The molecule has 0 amide bonds. The second kappa shape index (κ2) is 5.17. The van der Waals surface area contributed by atoms with Crippen molar-refractivity contribution < 1.29 is 0 Å². The maximum absolute atomic E-state index is 6.17. The van der Waals surface area contributed by atoms with Crippen molar-refractivity contribution in [3.8, 4) is 0 Å². The minimum absolute atomic E-state index is 0.572. The molecule has 110 valence electrons. The average molecular weight is 282 g/mol. The molecule has 0 spiro atoms. The van der Waals surface area contributed by atoms with Crippen LogP contribution in [0.1, 0.15) is 32.1 Å². The van der Waals surface area contributed by atoms with Gasteiger partial charge in [0.1, 0.15) is 0 Å². The third kappa shape index (κ3) is 2.33. The topological polar surface area (TPSA) is 55.0 Å². The summed E-state index contributed by atoms with van der Waals surface area (Å²) in [5.41, 5.74) is 7.99. The minimum Gasteiger partial charge on any atom is -0.381 e. The molecule has 2 N–H and O–H groups in total. The number of anilines is 2. The number of nitrogen functional groups attached to an aromatic ring is 1. The Bertz CT molecular complexity index is 654. The summed E-state index contributed by atoms with van der Waals surface area (Å²) >= 11 is 0. The van der Waals surface area contributed by atoms with E-state index in [0.717, 1.165) is 41.8 Å². The summed E-state index contributed by atoms with van der Waals surface area (Å²) in [5.74, 6) is 3.20. The van der Waals surface area contributed by atoms with Gasteiger partial charge in [-0.1, -0.05) is 31.4 Å². The summed E-state index contributed by atoms with van der Waals surface area (Å²) in [7, 11) is 0. The lowest BCUT2D eigenvalue weighted by atomic mass is 9.75. The van der Waals surface area contributed by atoms with E-state index in [1.54, 1.807) is 0 Å². The van der Waals surface area contributed by atoms with E-state index in [2.05, 4.69) is 9.88 Å². The quantitative estimate of drug-likeness (QED) is 0.872. The Morgan fingerprint density at radius 1 is 0.952 bits per heavy atom. The van der Waals surface area contributed by atoms with Crippen LogP contribution in [0.5, 0.6) is 0 Å². The van der Waals surface area contributed by atoms with E-state index in [4.69, 9.17) is 10.7 Å². The zero-order valence-corrected chi connectivity index (χ0v) is 12.3. The lowest BCUT2D eigenvalue weighted by Gasteiger charge is -2.41. The predicted molar refractivity (Wildman–Crippen MR) is 86.2 cm³/mol. The summed E-state index contributed by atoms with van der Waals surface area (Å²) < 4.78 is 0. The van der Waals surface area contributed by atoms with E-state index >= 15 is 0 Å². The van der Waals surface area contributed by atoms with Gasteiger partial charge in [-0.3, -0.25) is 0 Å². The highest BCUT2D eigenvalue weighted by Gasteiger charge is 2.32. The van der Waals surface area contributed by atoms with Crippen LogP contribution in [0.3, 0.4) is 0 Å². The van der Waals surface area contributed by atoms with Crippen molar-refractivity contribution in [2.45, 2.75) is 32.1 Å². The van der Waals surface area contributed by atoms with Gasteiger partial charge >= 0.3 is 0 Å². The number of nitrogens with two attached hydrogens (primary N) is 1. The van der Waals surface area contributed by atoms with E-state index in [-0.39, 0.29) is 0 Å². The first-order chi connectivity index (χ1) is 10.3. The summed E-state index contributed by atoms with van der Waals surface area (Å²) in [6, 6.07) is 7.96. The van der Waals surface area contributed by atoms with Gasteiger partial charge in [-0.25, -0.2) is 9.97 Å². The molecule has 2 atom stereocenters. The Balaban J connectivity index is 1.65. The van der Waals surface area contributed by atoms with Crippen LogP contribution < -0.4 is 10.6 Å². The van der Waals surface area contributed by atoms with Crippen molar-refractivity contribution in [3.05, 3.63) is 24.3 Å². The number of para-hydroxylation sites is 2. The smallest absolute Gasteiger partial charge is 0.172 e.